The highest BCUT2D eigenvalue weighted by Gasteiger charge is 2.17. The number of nitrogens with zero attached hydrogens (tertiary/aromatic N) is 1. The van der Waals surface area contributed by atoms with Gasteiger partial charge in [0.2, 0.25) is 5.91 Å². The first kappa shape index (κ1) is 14.1. The fourth-order valence-electron chi connectivity index (χ4n) is 2.11. The number of nitrogens with two attached hydrogens (primary N) is 1. The van der Waals surface area contributed by atoms with Crippen molar-refractivity contribution in [1.82, 2.24) is 0 Å². The average Bonchev–Trinajstić information content (AvgIpc) is 2.44. The molecule has 0 bridgehead atoms. The fraction of sp³-hybridized carbons (Fsp3) is 0.188. The summed E-state index contributed by atoms with van der Waals surface area (Å²) in [5.74, 6) is -0.534. The lowest BCUT2D eigenvalue weighted by Crippen LogP contribution is -2.32. The summed E-state index contributed by atoms with van der Waals surface area (Å²) in [6.07, 6.45) is 0.0227. The number of hydrogen-bond acceptors (Lipinski definition) is 2. The molecule has 0 fully saturated rings. The summed E-state index contributed by atoms with van der Waals surface area (Å²) in [5, 5.41) is 0. The zero-order chi connectivity index (χ0) is 14.5. The summed E-state index contributed by atoms with van der Waals surface area (Å²) in [6.45, 7) is 2.35. The Balaban J connectivity index is 2.23. The Morgan fingerprint density at radius 1 is 1.15 bits per heavy atom. The van der Waals surface area contributed by atoms with Gasteiger partial charge in [0, 0.05) is 6.54 Å². The molecule has 2 aromatic carbocycles. The number of carbonyl (C=O) groups excluding carboxylic acids is 1. The van der Waals surface area contributed by atoms with Crippen molar-refractivity contribution in [1.29, 1.82) is 0 Å². The van der Waals surface area contributed by atoms with Gasteiger partial charge in [-0.25, -0.2) is 4.39 Å². The third kappa shape index (κ3) is 2.96. The normalized spacial score (nSPS) is 10.3. The van der Waals surface area contributed by atoms with Crippen LogP contribution in [-0.2, 0) is 11.2 Å². The highest BCUT2D eigenvalue weighted by Crippen LogP contribution is 2.23. The maximum Gasteiger partial charge on any atom is 0.231 e. The number of nitrogen functional groups attached to an aromatic ring is 1. The third-order valence-corrected chi connectivity index (χ3v) is 3.14. The molecule has 0 aliphatic carbocycles. The lowest BCUT2D eigenvalue weighted by molar-refractivity contribution is -0.118. The van der Waals surface area contributed by atoms with Gasteiger partial charge in [-0.3, -0.25) is 4.79 Å². The molecule has 2 aromatic rings. The molecule has 0 saturated heterocycles. The molecule has 0 heterocycles. The fourth-order valence-corrected chi connectivity index (χ4v) is 2.11. The highest BCUT2D eigenvalue weighted by molar-refractivity contribution is 5.97. The smallest absolute Gasteiger partial charge is 0.231 e. The molecule has 20 heavy (non-hydrogen) atoms. The van der Waals surface area contributed by atoms with Crippen molar-refractivity contribution < 1.29 is 9.18 Å². The highest BCUT2D eigenvalue weighted by atomic mass is 19.1. The van der Waals surface area contributed by atoms with Crippen LogP contribution in [0.2, 0.25) is 0 Å². The van der Waals surface area contributed by atoms with Crippen molar-refractivity contribution >= 4 is 17.3 Å². The molecule has 0 spiro atoms. The van der Waals surface area contributed by atoms with Gasteiger partial charge in [-0.05, 0) is 30.7 Å². The van der Waals surface area contributed by atoms with E-state index in [0.29, 0.717) is 23.5 Å². The minimum absolute atomic E-state index is 0.0227. The molecule has 0 aromatic heterocycles. The molecule has 1 amide bonds. The molecule has 104 valence electrons. The summed E-state index contributed by atoms with van der Waals surface area (Å²) >= 11 is 0. The predicted octanol–water partition coefficient (Wildman–Crippen LogP) is 3.00. The molecule has 0 atom stereocenters. The van der Waals surface area contributed by atoms with E-state index in [4.69, 9.17) is 5.73 Å². The van der Waals surface area contributed by atoms with E-state index in [1.165, 1.54) is 6.07 Å². The van der Waals surface area contributed by atoms with Crippen molar-refractivity contribution in [3.8, 4) is 0 Å². The minimum atomic E-state index is -0.363. The number of halogens is 1. The number of carbonyl (C=O) groups is 1. The molecule has 2 N–H and O–H groups in total. The maximum atomic E-state index is 13.6. The van der Waals surface area contributed by atoms with E-state index in [9.17, 15) is 9.18 Å². The summed E-state index contributed by atoms with van der Waals surface area (Å²) in [6, 6.07) is 13.5. The van der Waals surface area contributed by atoms with Gasteiger partial charge in [0.1, 0.15) is 5.82 Å². The van der Waals surface area contributed by atoms with Crippen LogP contribution in [0, 0.1) is 5.82 Å². The lowest BCUT2D eigenvalue weighted by Gasteiger charge is -2.22. The summed E-state index contributed by atoms with van der Waals surface area (Å²) < 4.78 is 13.6. The van der Waals surface area contributed by atoms with E-state index in [-0.39, 0.29) is 18.1 Å². The van der Waals surface area contributed by atoms with E-state index < -0.39 is 0 Å². The van der Waals surface area contributed by atoms with Crippen molar-refractivity contribution in [3.05, 3.63) is 59.9 Å². The van der Waals surface area contributed by atoms with Crippen LogP contribution in [0.5, 0.6) is 0 Å². The second-order valence-electron chi connectivity index (χ2n) is 4.46. The molecule has 0 aliphatic heterocycles. The number of anilines is 2. The van der Waals surface area contributed by atoms with Gasteiger partial charge in [-0.15, -0.1) is 0 Å². The van der Waals surface area contributed by atoms with E-state index >= 15 is 0 Å². The number of benzene rings is 2. The van der Waals surface area contributed by atoms with Gasteiger partial charge in [0.15, 0.2) is 0 Å². The summed E-state index contributed by atoms with van der Waals surface area (Å²) in [4.78, 5) is 13.9. The molecular formula is C16H17FN2O. The molecule has 4 heteroatoms. The molecule has 0 saturated carbocycles. The Bertz CT molecular complexity index is 613. The minimum Gasteiger partial charge on any atom is -0.397 e. The second kappa shape index (κ2) is 6.19. The van der Waals surface area contributed by atoms with Gasteiger partial charge >= 0.3 is 0 Å². The van der Waals surface area contributed by atoms with E-state index in [2.05, 4.69) is 0 Å². The number of rotatable bonds is 4. The Morgan fingerprint density at radius 2 is 1.80 bits per heavy atom. The van der Waals surface area contributed by atoms with Crippen molar-refractivity contribution in [3.63, 3.8) is 0 Å². The van der Waals surface area contributed by atoms with Gasteiger partial charge in [0.25, 0.3) is 0 Å². The standard InChI is InChI=1S/C16H17FN2O/c1-2-19(15-10-6-5-9-14(15)18)16(20)11-12-7-3-4-8-13(12)17/h3-10H,2,11,18H2,1H3. The molecule has 3 nitrogen and oxygen atoms in total. The summed E-state index contributed by atoms with van der Waals surface area (Å²) in [5.41, 5.74) is 7.49. The van der Waals surface area contributed by atoms with Gasteiger partial charge < -0.3 is 10.6 Å². The van der Waals surface area contributed by atoms with Crippen LogP contribution in [0.4, 0.5) is 15.8 Å². The van der Waals surface area contributed by atoms with Crippen LogP contribution in [0.15, 0.2) is 48.5 Å². The zero-order valence-corrected chi connectivity index (χ0v) is 11.3. The molecule has 0 aliphatic rings. The second-order valence-corrected chi connectivity index (χ2v) is 4.46. The number of likely N-dealkylation sites (N-methyl/N-ethyl adjacent to an activating group) is 1. The van der Waals surface area contributed by atoms with Crippen molar-refractivity contribution in [2.75, 3.05) is 17.2 Å². The number of amides is 1. The first-order valence-corrected chi connectivity index (χ1v) is 6.51. The van der Waals surface area contributed by atoms with Crippen LogP contribution in [-0.4, -0.2) is 12.5 Å². The van der Waals surface area contributed by atoms with Gasteiger partial charge in [-0.1, -0.05) is 30.3 Å². The Hall–Kier alpha value is -2.36. The van der Waals surface area contributed by atoms with Crippen LogP contribution in [0.1, 0.15) is 12.5 Å². The Morgan fingerprint density at radius 3 is 2.45 bits per heavy atom. The zero-order valence-electron chi connectivity index (χ0n) is 11.3. The molecule has 2 rings (SSSR count). The third-order valence-electron chi connectivity index (χ3n) is 3.14. The number of hydrogen-bond donors (Lipinski definition) is 1. The number of para-hydroxylation sites is 2. The molecular weight excluding hydrogens is 255 g/mol. The topological polar surface area (TPSA) is 46.3 Å². The predicted molar refractivity (Wildman–Crippen MR) is 79.0 cm³/mol. The Labute approximate surface area is 117 Å². The van der Waals surface area contributed by atoms with Crippen LogP contribution < -0.4 is 10.6 Å². The largest absolute Gasteiger partial charge is 0.397 e. The van der Waals surface area contributed by atoms with E-state index in [1.807, 2.05) is 19.1 Å². The average molecular weight is 272 g/mol. The monoisotopic (exact) mass is 272 g/mol. The van der Waals surface area contributed by atoms with Gasteiger partial charge in [0.05, 0.1) is 17.8 Å². The van der Waals surface area contributed by atoms with Crippen LogP contribution >= 0.6 is 0 Å². The van der Waals surface area contributed by atoms with Crippen molar-refractivity contribution in [2.24, 2.45) is 0 Å². The Kier molecular flexibility index (Phi) is 4.35. The molecule has 0 radical (unpaired) electrons. The summed E-state index contributed by atoms with van der Waals surface area (Å²) in [7, 11) is 0. The molecule has 0 unspecified atom stereocenters. The maximum absolute atomic E-state index is 13.6. The van der Waals surface area contributed by atoms with Crippen LogP contribution in [0.25, 0.3) is 0 Å². The van der Waals surface area contributed by atoms with Gasteiger partial charge in [-0.2, -0.15) is 0 Å². The lowest BCUT2D eigenvalue weighted by atomic mass is 10.1. The van der Waals surface area contributed by atoms with E-state index in [1.54, 1.807) is 35.2 Å². The quantitative estimate of drug-likeness (QED) is 0.870. The van der Waals surface area contributed by atoms with Crippen LogP contribution in [0.3, 0.4) is 0 Å². The SMILES string of the molecule is CCN(C(=O)Cc1ccccc1F)c1ccccc1N. The van der Waals surface area contributed by atoms with Crippen molar-refractivity contribution in [2.45, 2.75) is 13.3 Å². The first-order chi connectivity index (χ1) is 9.63. The van der Waals surface area contributed by atoms with E-state index in [0.717, 1.165) is 0 Å². The first-order valence-electron chi connectivity index (χ1n) is 6.51.